The number of guanidine groups is 1. The number of nitrogens with one attached hydrogen (secondary N) is 2. The molecule has 1 aliphatic rings. The fourth-order valence-electron chi connectivity index (χ4n) is 3.22. The lowest BCUT2D eigenvalue weighted by Gasteiger charge is -2.22. The summed E-state index contributed by atoms with van der Waals surface area (Å²) in [4.78, 5) is 11.5. The first kappa shape index (κ1) is 23.5. The third-order valence-corrected chi connectivity index (χ3v) is 4.87. The van der Waals surface area contributed by atoms with Crippen LogP contribution in [0.15, 0.2) is 39.9 Å². The molecule has 1 unspecified atom stereocenters. The number of anilines is 1. The van der Waals surface area contributed by atoms with Crippen molar-refractivity contribution in [2.45, 2.75) is 45.8 Å². The number of hydrogen-bond acceptors (Lipinski definition) is 5. The highest BCUT2D eigenvalue weighted by molar-refractivity contribution is 14.0. The maximum Gasteiger partial charge on any atom is 0.191 e. The van der Waals surface area contributed by atoms with Crippen LogP contribution in [0.1, 0.15) is 43.8 Å². The molecular weight excluding hydrogens is 481 g/mol. The van der Waals surface area contributed by atoms with Crippen molar-refractivity contribution in [3.8, 4) is 0 Å². The number of nitrogens with zero attached hydrogens (tertiary/aromatic N) is 3. The van der Waals surface area contributed by atoms with Gasteiger partial charge in [-0.2, -0.15) is 0 Å². The molecule has 0 aliphatic carbocycles. The zero-order chi connectivity index (χ0) is 20.0. The number of hydrogen-bond donors (Lipinski definition) is 3. The highest BCUT2D eigenvalue weighted by Gasteiger charge is 2.27. The third-order valence-electron chi connectivity index (χ3n) is 4.87. The molecule has 1 aliphatic heterocycles. The maximum absolute atomic E-state index is 10.7. The van der Waals surface area contributed by atoms with Crippen molar-refractivity contribution in [2.24, 2.45) is 4.99 Å². The normalized spacial score (nSPS) is 16.3. The van der Waals surface area contributed by atoms with Crippen molar-refractivity contribution in [3.63, 3.8) is 0 Å². The van der Waals surface area contributed by atoms with Crippen molar-refractivity contribution >= 4 is 35.8 Å². The molecule has 160 valence electrons. The summed E-state index contributed by atoms with van der Waals surface area (Å²) in [5.41, 5.74) is -0.0720. The SMILES string of the molecule is CCNC(=NCc1ccc(N2CCCC2)nc1)NCC(C)(O)c1ccc(C)o1.I. The maximum atomic E-state index is 10.7. The van der Waals surface area contributed by atoms with E-state index in [0.717, 1.165) is 36.8 Å². The fraction of sp³-hybridized carbons (Fsp3) is 0.524. The molecule has 0 saturated carbocycles. The van der Waals surface area contributed by atoms with Crippen LogP contribution < -0.4 is 15.5 Å². The van der Waals surface area contributed by atoms with Crippen molar-refractivity contribution in [3.05, 3.63) is 47.5 Å². The second-order valence-electron chi connectivity index (χ2n) is 7.45. The van der Waals surface area contributed by atoms with E-state index in [0.29, 0.717) is 18.3 Å². The largest absolute Gasteiger partial charge is 0.463 e. The second kappa shape index (κ2) is 10.8. The first-order valence-corrected chi connectivity index (χ1v) is 9.99. The predicted molar refractivity (Wildman–Crippen MR) is 127 cm³/mol. The highest BCUT2D eigenvalue weighted by Crippen LogP contribution is 2.22. The van der Waals surface area contributed by atoms with Crippen molar-refractivity contribution in [1.29, 1.82) is 0 Å². The number of rotatable bonds is 7. The van der Waals surface area contributed by atoms with E-state index in [9.17, 15) is 5.11 Å². The second-order valence-corrected chi connectivity index (χ2v) is 7.45. The van der Waals surface area contributed by atoms with Gasteiger partial charge in [0.15, 0.2) is 5.96 Å². The van der Waals surface area contributed by atoms with Crippen LogP contribution in [0.25, 0.3) is 0 Å². The summed E-state index contributed by atoms with van der Waals surface area (Å²) >= 11 is 0. The Bertz CT molecular complexity index is 783. The molecule has 0 amide bonds. The van der Waals surface area contributed by atoms with E-state index in [1.807, 2.05) is 26.1 Å². The average Bonchev–Trinajstić information content (AvgIpc) is 3.37. The number of aryl methyl sites for hydroxylation is 1. The molecule has 0 spiro atoms. The van der Waals surface area contributed by atoms with E-state index < -0.39 is 5.60 Å². The number of furan rings is 1. The zero-order valence-electron chi connectivity index (χ0n) is 17.4. The minimum atomic E-state index is -1.12. The van der Waals surface area contributed by atoms with Crippen LogP contribution in [0.2, 0.25) is 0 Å². The molecule has 1 atom stereocenters. The number of pyridine rings is 1. The number of aliphatic imine (C=N–C) groups is 1. The summed E-state index contributed by atoms with van der Waals surface area (Å²) in [6.07, 6.45) is 4.38. The molecule has 0 radical (unpaired) electrons. The molecule has 0 bridgehead atoms. The lowest BCUT2D eigenvalue weighted by Crippen LogP contribution is -2.44. The molecule has 3 N–H and O–H groups in total. The number of halogens is 1. The van der Waals surface area contributed by atoms with Gasteiger partial charge in [-0.05, 0) is 57.4 Å². The molecule has 1 saturated heterocycles. The van der Waals surface area contributed by atoms with Gasteiger partial charge >= 0.3 is 0 Å². The lowest BCUT2D eigenvalue weighted by atomic mass is 10.0. The van der Waals surface area contributed by atoms with Crippen LogP contribution in [0, 0.1) is 6.92 Å². The highest BCUT2D eigenvalue weighted by atomic mass is 127. The van der Waals surface area contributed by atoms with Crippen molar-refractivity contribution < 1.29 is 9.52 Å². The first-order valence-electron chi connectivity index (χ1n) is 9.99. The minimum absolute atomic E-state index is 0. The third kappa shape index (κ3) is 6.60. The van der Waals surface area contributed by atoms with E-state index in [1.54, 1.807) is 13.0 Å². The van der Waals surface area contributed by atoms with Gasteiger partial charge in [-0.3, -0.25) is 0 Å². The Morgan fingerprint density at radius 1 is 1.24 bits per heavy atom. The summed E-state index contributed by atoms with van der Waals surface area (Å²) in [7, 11) is 0. The molecule has 7 nitrogen and oxygen atoms in total. The smallest absolute Gasteiger partial charge is 0.191 e. The Morgan fingerprint density at radius 3 is 2.59 bits per heavy atom. The molecule has 2 aromatic heterocycles. The Morgan fingerprint density at radius 2 is 2.00 bits per heavy atom. The summed E-state index contributed by atoms with van der Waals surface area (Å²) < 4.78 is 5.56. The van der Waals surface area contributed by atoms with Crippen molar-refractivity contribution in [1.82, 2.24) is 15.6 Å². The summed E-state index contributed by atoms with van der Waals surface area (Å²) in [6, 6.07) is 7.80. The predicted octanol–water partition coefficient (Wildman–Crippen LogP) is 3.16. The van der Waals surface area contributed by atoms with Gasteiger partial charge < -0.3 is 25.1 Å². The van der Waals surface area contributed by atoms with E-state index in [2.05, 4.69) is 37.6 Å². The summed E-state index contributed by atoms with van der Waals surface area (Å²) in [6.45, 7) is 9.33. The monoisotopic (exact) mass is 513 g/mol. The van der Waals surface area contributed by atoms with Gasteiger partial charge in [0.05, 0.1) is 13.1 Å². The zero-order valence-corrected chi connectivity index (χ0v) is 19.8. The lowest BCUT2D eigenvalue weighted by molar-refractivity contribution is 0.0378. The van der Waals surface area contributed by atoms with Crippen molar-refractivity contribution in [2.75, 3.05) is 31.1 Å². The standard InChI is InChI=1S/C21H31N5O2.HI/c1-4-22-20(25-15-21(3,27)18-9-7-16(2)28-18)24-14-17-8-10-19(23-13-17)26-11-5-6-12-26;/h7-10,13,27H,4-6,11-12,14-15H2,1-3H3,(H2,22,24,25);1H. The van der Waals surface area contributed by atoms with Gasteiger partial charge in [0.1, 0.15) is 22.9 Å². The van der Waals surface area contributed by atoms with Crippen LogP contribution >= 0.6 is 24.0 Å². The minimum Gasteiger partial charge on any atom is -0.463 e. The molecular formula is C21H32IN5O2. The molecule has 1 fully saturated rings. The Kier molecular flexibility index (Phi) is 8.76. The van der Waals surface area contributed by atoms with Crippen LogP contribution in [0.3, 0.4) is 0 Å². The number of aliphatic hydroxyl groups is 1. The van der Waals surface area contributed by atoms with E-state index in [4.69, 9.17) is 4.42 Å². The first-order chi connectivity index (χ1) is 13.5. The molecule has 3 rings (SSSR count). The Hall–Kier alpha value is -1.81. The van der Waals surface area contributed by atoms with Gasteiger partial charge in [-0.25, -0.2) is 9.98 Å². The van der Waals surface area contributed by atoms with E-state index in [-0.39, 0.29) is 30.5 Å². The molecule has 2 aromatic rings. The fourth-order valence-corrected chi connectivity index (χ4v) is 3.22. The average molecular weight is 513 g/mol. The number of aromatic nitrogens is 1. The van der Waals surface area contributed by atoms with Gasteiger partial charge in [-0.15, -0.1) is 24.0 Å². The summed E-state index contributed by atoms with van der Waals surface area (Å²) in [5, 5.41) is 17.1. The van der Waals surface area contributed by atoms with Gasteiger partial charge in [0.2, 0.25) is 0 Å². The molecule has 29 heavy (non-hydrogen) atoms. The van der Waals surface area contributed by atoms with Gasteiger partial charge in [0.25, 0.3) is 0 Å². The Labute approximate surface area is 190 Å². The quantitative estimate of drug-likeness (QED) is 0.300. The van der Waals surface area contributed by atoms with Crippen LogP contribution in [-0.2, 0) is 12.1 Å². The topological polar surface area (TPSA) is 85.9 Å². The van der Waals surface area contributed by atoms with E-state index in [1.165, 1.54) is 12.8 Å². The van der Waals surface area contributed by atoms with Gasteiger partial charge in [-0.1, -0.05) is 6.07 Å². The van der Waals surface area contributed by atoms with Crippen LogP contribution in [0.5, 0.6) is 0 Å². The van der Waals surface area contributed by atoms with E-state index >= 15 is 0 Å². The van der Waals surface area contributed by atoms with Crippen LogP contribution in [-0.4, -0.2) is 42.2 Å². The molecule has 8 heteroatoms. The molecule has 3 heterocycles. The summed E-state index contributed by atoms with van der Waals surface area (Å²) in [5.74, 6) is 3.01. The molecule has 0 aromatic carbocycles. The van der Waals surface area contributed by atoms with Gasteiger partial charge in [0, 0.05) is 25.8 Å². The van der Waals surface area contributed by atoms with Crippen LogP contribution in [0.4, 0.5) is 5.82 Å². The Balaban J connectivity index is 0.00000300.